The Balaban J connectivity index is 1.58. The van der Waals surface area contributed by atoms with Crippen molar-refractivity contribution < 1.29 is 28.7 Å². The van der Waals surface area contributed by atoms with Gasteiger partial charge >= 0.3 is 5.97 Å². The average Bonchev–Trinajstić information content (AvgIpc) is 2.66. The number of nitrogens with one attached hydrogen (secondary N) is 1. The zero-order chi connectivity index (χ0) is 19.4. The maximum atomic E-state index is 12.0. The number of carbonyl (C=O) groups excluding carboxylic acids is 2. The van der Waals surface area contributed by atoms with Crippen molar-refractivity contribution in [3.8, 4) is 11.5 Å². The van der Waals surface area contributed by atoms with Gasteiger partial charge in [-0.05, 0) is 24.3 Å². The Labute approximate surface area is 153 Å². The second kappa shape index (κ2) is 7.60. The number of anilines is 2. The van der Waals surface area contributed by atoms with Gasteiger partial charge in [-0.1, -0.05) is 0 Å². The van der Waals surface area contributed by atoms with Crippen LogP contribution in [0.4, 0.5) is 17.1 Å². The summed E-state index contributed by atoms with van der Waals surface area (Å²) in [6, 6.07) is 8.38. The first-order valence-electron chi connectivity index (χ1n) is 7.84. The van der Waals surface area contributed by atoms with Gasteiger partial charge in [-0.2, -0.15) is 0 Å². The second-order valence-corrected chi connectivity index (χ2v) is 5.51. The topological polar surface area (TPSA) is 143 Å². The van der Waals surface area contributed by atoms with Gasteiger partial charge in [0.25, 0.3) is 11.6 Å². The molecule has 0 fully saturated rings. The highest BCUT2D eigenvalue weighted by atomic mass is 16.6. The molecule has 0 aromatic heterocycles. The van der Waals surface area contributed by atoms with Crippen molar-refractivity contribution in [1.82, 2.24) is 0 Å². The molecular weight excluding hydrogens is 358 g/mol. The van der Waals surface area contributed by atoms with Crippen LogP contribution in [0.2, 0.25) is 0 Å². The predicted octanol–water partition coefficient (Wildman–Crippen LogP) is 1.74. The summed E-state index contributed by atoms with van der Waals surface area (Å²) in [5.74, 6) is -0.374. The number of amides is 1. The number of rotatable bonds is 5. The average molecular weight is 373 g/mol. The molecule has 10 heteroatoms. The monoisotopic (exact) mass is 373 g/mol. The van der Waals surface area contributed by atoms with Gasteiger partial charge in [-0.15, -0.1) is 0 Å². The fourth-order valence-corrected chi connectivity index (χ4v) is 2.36. The Hall–Kier alpha value is -3.82. The number of esters is 1. The zero-order valence-corrected chi connectivity index (χ0v) is 14.0. The maximum absolute atomic E-state index is 12.0. The summed E-state index contributed by atoms with van der Waals surface area (Å²) in [4.78, 5) is 34.1. The quantitative estimate of drug-likeness (QED) is 0.349. The van der Waals surface area contributed by atoms with Gasteiger partial charge < -0.3 is 25.3 Å². The minimum absolute atomic E-state index is 0.0760. The molecule has 1 aliphatic rings. The first-order valence-corrected chi connectivity index (χ1v) is 7.84. The van der Waals surface area contributed by atoms with Crippen molar-refractivity contribution in [3.63, 3.8) is 0 Å². The van der Waals surface area contributed by atoms with Crippen molar-refractivity contribution in [1.29, 1.82) is 0 Å². The lowest BCUT2D eigenvalue weighted by atomic mass is 10.2. The van der Waals surface area contributed by atoms with Crippen LogP contribution >= 0.6 is 0 Å². The highest BCUT2D eigenvalue weighted by Crippen LogP contribution is 2.32. The molecule has 1 amide bonds. The molecule has 0 atom stereocenters. The van der Waals surface area contributed by atoms with Gasteiger partial charge in [0.15, 0.2) is 18.1 Å². The molecule has 140 valence electrons. The van der Waals surface area contributed by atoms with Crippen LogP contribution in [-0.2, 0) is 9.53 Å². The third-order valence-electron chi connectivity index (χ3n) is 3.62. The SMILES string of the molecule is Nc1ccc(C(=O)OCC(=O)Nc2ccc3c(c2)OCCO3)cc1[N+](=O)[O-]. The van der Waals surface area contributed by atoms with Crippen LogP contribution in [0.15, 0.2) is 36.4 Å². The minimum atomic E-state index is -0.879. The molecule has 27 heavy (non-hydrogen) atoms. The summed E-state index contributed by atoms with van der Waals surface area (Å²) >= 11 is 0. The molecule has 0 aliphatic carbocycles. The smallest absolute Gasteiger partial charge is 0.338 e. The van der Waals surface area contributed by atoms with Gasteiger partial charge in [0, 0.05) is 17.8 Å². The normalized spacial score (nSPS) is 12.1. The molecule has 0 radical (unpaired) electrons. The lowest BCUT2D eigenvalue weighted by molar-refractivity contribution is -0.383. The number of fused-ring (bicyclic) bond motifs is 1. The molecule has 0 saturated heterocycles. The highest BCUT2D eigenvalue weighted by molar-refractivity contribution is 5.96. The van der Waals surface area contributed by atoms with Crippen LogP contribution in [0.25, 0.3) is 0 Å². The lowest BCUT2D eigenvalue weighted by Gasteiger charge is -2.19. The highest BCUT2D eigenvalue weighted by Gasteiger charge is 2.18. The van der Waals surface area contributed by atoms with E-state index in [-0.39, 0.29) is 11.3 Å². The molecule has 1 aliphatic heterocycles. The number of nitro groups is 1. The number of nitrogen functional groups attached to an aromatic ring is 1. The van der Waals surface area contributed by atoms with Crippen LogP contribution in [0, 0.1) is 10.1 Å². The van der Waals surface area contributed by atoms with Gasteiger partial charge in [0.2, 0.25) is 0 Å². The van der Waals surface area contributed by atoms with Crippen LogP contribution < -0.4 is 20.5 Å². The summed E-state index contributed by atoms with van der Waals surface area (Å²) in [6.07, 6.45) is 0. The van der Waals surface area contributed by atoms with Gasteiger partial charge in [-0.3, -0.25) is 14.9 Å². The standard InChI is InChI=1S/C17H15N3O7/c18-12-3-1-10(7-13(12)20(23)24)17(22)27-9-16(21)19-11-2-4-14-15(8-11)26-6-5-25-14/h1-4,7-8H,5-6,9,18H2,(H,19,21). The Morgan fingerprint density at radius 3 is 2.63 bits per heavy atom. The second-order valence-electron chi connectivity index (χ2n) is 5.51. The Morgan fingerprint density at radius 2 is 1.89 bits per heavy atom. The number of benzene rings is 2. The summed E-state index contributed by atoms with van der Waals surface area (Å²) < 4.78 is 15.7. The zero-order valence-electron chi connectivity index (χ0n) is 14.0. The van der Waals surface area contributed by atoms with Gasteiger partial charge in [0.1, 0.15) is 18.9 Å². The molecule has 0 unspecified atom stereocenters. The molecule has 2 aromatic rings. The van der Waals surface area contributed by atoms with E-state index >= 15 is 0 Å². The van der Waals surface area contributed by atoms with Crippen LogP contribution in [0.1, 0.15) is 10.4 Å². The number of hydrogen-bond acceptors (Lipinski definition) is 8. The number of nitrogens with two attached hydrogens (primary N) is 1. The summed E-state index contributed by atoms with van der Waals surface area (Å²) in [7, 11) is 0. The first kappa shape index (κ1) is 18.0. The largest absolute Gasteiger partial charge is 0.486 e. The first-order chi connectivity index (χ1) is 12.9. The fourth-order valence-electron chi connectivity index (χ4n) is 2.36. The Bertz CT molecular complexity index is 913. The number of carbonyl (C=O) groups is 2. The molecule has 0 saturated carbocycles. The van der Waals surface area contributed by atoms with E-state index < -0.39 is 29.1 Å². The number of hydrogen-bond donors (Lipinski definition) is 2. The molecule has 0 spiro atoms. The molecule has 0 bridgehead atoms. The fraction of sp³-hybridized carbons (Fsp3) is 0.176. The van der Waals surface area contributed by atoms with Crippen LogP contribution in [0.5, 0.6) is 11.5 Å². The van der Waals surface area contributed by atoms with E-state index in [0.717, 1.165) is 6.07 Å². The van der Waals surface area contributed by atoms with E-state index in [9.17, 15) is 19.7 Å². The summed E-state index contributed by atoms with van der Waals surface area (Å²) in [5.41, 5.74) is 5.35. The van der Waals surface area contributed by atoms with Crippen LogP contribution in [-0.4, -0.2) is 36.6 Å². The minimum Gasteiger partial charge on any atom is -0.486 e. The van der Waals surface area contributed by atoms with Gasteiger partial charge in [-0.25, -0.2) is 4.79 Å². The van der Waals surface area contributed by atoms with Gasteiger partial charge in [0.05, 0.1) is 10.5 Å². The number of nitrogens with zero attached hydrogens (tertiary/aromatic N) is 1. The van der Waals surface area contributed by atoms with Crippen molar-refractivity contribution in [2.45, 2.75) is 0 Å². The summed E-state index contributed by atoms with van der Waals surface area (Å²) in [5, 5.41) is 13.4. The molecule has 2 aromatic carbocycles. The van der Waals surface area contributed by atoms with Crippen molar-refractivity contribution in [2.24, 2.45) is 0 Å². The van der Waals surface area contributed by atoms with Crippen molar-refractivity contribution >= 4 is 28.9 Å². The predicted molar refractivity (Wildman–Crippen MR) is 93.9 cm³/mol. The molecule has 3 rings (SSSR count). The van der Waals surface area contributed by atoms with Crippen molar-refractivity contribution in [2.75, 3.05) is 30.9 Å². The van der Waals surface area contributed by atoms with E-state index in [0.29, 0.717) is 30.4 Å². The van der Waals surface area contributed by atoms with Crippen LogP contribution in [0.3, 0.4) is 0 Å². The van der Waals surface area contributed by atoms with E-state index in [4.69, 9.17) is 19.9 Å². The molecular formula is C17H15N3O7. The van der Waals surface area contributed by atoms with Crippen molar-refractivity contribution in [3.05, 3.63) is 52.1 Å². The Morgan fingerprint density at radius 1 is 1.15 bits per heavy atom. The Kier molecular flexibility index (Phi) is 5.06. The summed E-state index contributed by atoms with van der Waals surface area (Å²) in [6.45, 7) is 0.305. The molecule has 3 N–H and O–H groups in total. The maximum Gasteiger partial charge on any atom is 0.338 e. The van der Waals surface area contributed by atoms with E-state index in [2.05, 4.69) is 5.32 Å². The number of nitro benzene ring substituents is 1. The van der Waals surface area contributed by atoms with E-state index in [1.54, 1.807) is 18.2 Å². The third-order valence-corrected chi connectivity index (χ3v) is 3.62. The van der Waals surface area contributed by atoms with E-state index in [1.807, 2.05) is 0 Å². The molecule has 10 nitrogen and oxygen atoms in total. The number of ether oxygens (including phenoxy) is 3. The molecule has 1 heterocycles. The third kappa shape index (κ3) is 4.24. The lowest BCUT2D eigenvalue weighted by Crippen LogP contribution is -2.21. The van der Waals surface area contributed by atoms with E-state index in [1.165, 1.54) is 12.1 Å².